The van der Waals surface area contributed by atoms with E-state index in [1.54, 1.807) is 6.92 Å². The summed E-state index contributed by atoms with van der Waals surface area (Å²) in [5, 5.41) is 0. The first-order valence-electron chi connectivity index (χ1n) is 5.18. The van der Waals surface area contributed by atoms with Gasteiger partial charge in [0.05, 0.1) is 6.61 Å². The number of nitrogens with two attached hydrogens (primary N) is 1. The third kappa shape index (κ3) is 5.37. The zero-order valence-electron chi connectivity index (χ0n) is 9.66. The smallest absolute Gasteiger partial charge is 0.325 e. The molecule has 15 heavy (non-hydrogen) atoms. The van der Waals surface area contributed by atoms with Gasteiger partial charge in [0.15, 0.2) is 0 Å². The second-order valence-corrected chi connectivity index (χ2v) is 3.46. The summed E-state index contributed by atoms with van der Waals surface area (Å²) in [6.45, 7) is 6.08. The minimum Gasteiger partial charge on any atom is -0.465 e. The molecule has 0 rings (SSSR count). The van der Waals surface area contributed by atoms with Crippen LogP contribution in [0.4, 0.5) is 0 Å². The van der Waals surface area contributed by atoms with Crippen LogP contribution in [0.25, 0.3) is 0 Å². The quantitative estimate of drug-likeness (QED) is 0.641. The van der Waals surface area contributed by atoms with Crippen LogP contribution in [0.3, 0.4) is 0 Å². The molecule has 0 aliphatic heterocycles. The molecule has 5 nitrogen and oxygen atoms in total. The fourth-order valence-electron chi connectivity index (χ4n) is 1.17. The lowest BCUT2D eigenvalue weighted by molar-refractivity contribution is -0.150. The number of carbonyl (C=O) groups is 2. The first-order valence-corrected chi connectivity index (χ1v) is 5.18. The van der Waals surface area contributed by atoms with E-state index in [2.05, 4.69) is 0 Å². The van der Waals surface area contributed by atoms with Crippen molar-refractivity contribution in [3.05, 3.63) is 0 Å². The van der Waals surface area contributed by atoms with Gasteiger partial charge in [0, 0.05) is 19.0 Å². The minimum atomic E-state index is -0.378. The van der Waals surface area contributed by atoms with E-state index >= 15 is 0 Å². The molecule has 0 atom stereocenters. The summed E-state index contributed by atoms with van der Waals surface area (Å²) in [6.07, 6.45) is 0.261. The Bertz CT molecular complexity index is 217. The highest BCUT2D eigenvalue weighted by atomic mass is 16.5. The van der Waals surface area contributed by atoms with Crippen LogP contribution >= 0.6 is 0 Å². The van der Waals surface area contributed by atoms with Gasteiger partial charge in [-0.3, -0.25) is 9.59 Å². The molecule has 0 aromatic carbocycles. The Morgan fingerprint density at radius 1 is 1.40 bits per heavy atom. The van der Waals surface area contributed by atoms with Crippen molar-refractivity contribution < 1.29 is 14.3 Å². The Labute approximate surface area is 90.6 Å². The van der Waals surface area contributed by atoms with Crippen molar-refractivity contribution in [2.24, 2.45) is 5.73 Å². The molecule has 1 amide bonds. The number of ether oxygens (including phenoxy) is 1. The van der Waals surface area contributed by atoms with E-state index in [0.717, 1.165) is 0 Å². The van der Waals surface area contributed by atoms with Crippen molar-refractivity contribution in [3.63, 3.8) is 0 Å². The highest BCUT2D eigenvalue weighted by Crippen LogP contribution is 2.01. The molecule has 0 spiro atoms. The van der Waals surface area contributed by atoms with Crippen LogP contribution in [-0.4, -0.2) is 42.5 Å². The molecule has 0 unspecified atom stereocenters. The Morgan fingerprint density at radius 3 is 2.40 bits per heavy atom. The molecular formula is C10H20N2O3. The van der Waals surface area contributed by atoms with Gasteiger partial charge in [0.1, 0.15) is 6.54 Å². The second-order valence-electron chi connectivity index (χ2n) is 3.46. The second kappa shape index (κ2) is 7.23. The fraction of sp³-hybridized carbons (Fsp3) is 0.800. The van der Waals surface area contributed by atoms with Crippen LogP contribution in [0.15, 0.2) is 0 Å². The van der Waals surface area contributed by atoms with Crippen LogP contribution in [0, 0.1) is 0 Å². The average molecular weight is 216 g/mol. The summed E-state index contributed by atoms with van der Waals surface area (Å²) < 4.78 is 4.79. The summed E-state index contributed by atoms with van der Waals surface area (Å²) in [4.78, 5) is 24.3. The van der Waals surface area contributed by atoms with E-state index in [0.29, 0.717) is 13.2 Å². The molecule has 0 aliphatic carbocycles. The molecule has 0 aromatic rings. The predicted molar refractivity (Wildman–Crippen MR) is 57.2 cm³/mol. The molecule has 0 aromatic heterocycles. The topological polar surface area (TPSA) is 72.6 Å². The Hall–Kier alpha value is -1.10. The number of hydrogen-bond donors (Lipinski definition) is 1. The van der Waals surface area contributed by atoms with Gasteiger partial charge in [0.25, 0.3) is 0 Å². The predicted octanol–water partition coefficient (Wildman–Crippen LogP) is 0.135. The summed E-state index contributed by atoms with van der Waals surface area (Å²) in [6, 6.07) is -0.0199. The molecule has 2 N–H and O–H groups in total. The van der Waals surface area contributed by atoms with E-state index in [1.165, 1.54) is 4.90 Å². The van der Waals surface area contributed by atoms with Gasteiger partial charge in [0.2, 0.25) is 5.91 Å². The van der Waals surface area contributed by atoms with Gasteiger partial charge in [-0.25, -0.2) is 0 Å². The first kappa shape index (κ1) is 13.9. The summed E-state index contributed by atoms with van der Waals surface area (Å²) in [5.41, 5.74) is 5.29. The Kier molecular flexibility index (Phi) is 6.70. The maximum Gasteiger partial charge on any atom is 0.325 e. The number of hydrogen-bond acceptors (Lipinski definition) is 4. The summed E-state index contributed by atoms with van der Waals surface area (Å²) in [5.74, 6) is -0.489. The molecule has 5 heteroatoms. The van der Waals surface area contributed by atoms with Gasteiger partial charge in [-0.05, 0) is 20.8 Å². The van der Waals surface area contributed by atoms with E-state index in [1.807, 2.05) is 13.8 Å². The fourth-order valence-corrected chi connectivity index (χ4v) is 1.17. The lowest BCUT2D eigenvalue weighted by Gasteiger charge is -2.25. The van der Waals surface area contributed by atoms with E-state index < -0.39 is 0 Å². The molecule has 0 saturated heterocycles. The maximum absolute atomic E-state index is 11.6. The van der Waals surface area contributed by atoms with Crippen molar-refractivity contribution in [1.29, 1.82) is 0 Å². The monoisotopic (exact) mass is 216 g/mol. The van der Waals surface area contributed by atoms with E-state index in [9.17, 15) is 9.59 Å². The molecule has 0 heterocycles. The zero-order chi connectivity index (χ0) is 11.8. The lowest BCUT2D eigenvalue weighted by Crippen LogP contribution is -2.41. The molecule has 0 radical (unpaired) electrons. The van der Waals surface area contributed by atoms with Crippen molar-refractivity contribution in [2.45, 2.75) is 33.2 Å². The normalized spacial score (nSPS) is 10.2. The van der Waals surface area contributed by atoms with Crippen LogP contribution in [0.2, 0.25) is 0 Å². The van der Waals surface area contributed by atoms with Gasteiger partial charge < -0.3 is 15.4 Å². The summed E-state index contributed by atoms with van der Waals surface area (Å²) >= 11 is 0. The van der Waals surface area contributed by atoms with Gasteiger partial charge in [-0.2, -0.15) is 0 Å². The molecular weight excluding hydrogens is 196 g/mol. The highest BCUT2D eigenvalue weighted by molar-refractivity contribution is 5.82. The number of esters is 1. The van der Waals surface area contributed by atoms with Crippen LogP contribution in [0.5, 0.6) is 0 Å². The Morgan fingerprint density at radius 2 is 2.00 bits per heavy atom. The largest absolute Gasteiger partial charge is 0.465 e. The van der Waals surface area contributed by atoms with Crippen molar-refractivity contribution in [3.8, 4) is 0 Å². The van der Waals surface area contributed by atoms with Crippen LogP contribution in [-0.2, 0) is 14.3 Å². The number of rotatable bonds is 6. The molecule has 0 aliphatic rings. The molecule has 0 saturated carbocycles. The molecule has 88 valence electrons. The standard InChI is InChI=1S/C10H20N2O3/c1-4-15-10(14)7-12(8(2)3)9(13)5-6-11/h8H,4-7,11H2,1-3H3. The van der Waals surface area contributed by atoms with Crippen LogP contribution in [0.1, 0.15) is 27.2 Å². The Balaban J connectivity index is 4.27. The number of carbonyl (C=O) groups excluding carboxylic acids is 2. The van der Waals surface area contributed by atoms with Crippen molar-refractivity contribution in [2.75, 3.05) is 19.7 Å². The van der Waals surface area contributed by atoms with Crippen LogP contribution < -0.4 is 5.73 Å². The lowest BCUT2D eigenvalue weighted by atomic mass is 10.2. The summed E-state index contributed by atoms with van der Waals surface area (Å²) in [7, 11) is 0. The van der Waals surface area contributed by atoms with Gasteiger partial charge in [-0.1, -0.05) is 0 Å². The van der Waals surface area contributed by atoms with Crippen molar-refractivity contribution in [1.82, 2.24) is 4.90 Å². The van der Waals surface area contributed by atoms with Gasteiger partial charge in [-0.15, -0.1) is 0 Å². The van der Waals surface area contributed by atoms with Crippen molar-refractivity contribution >= 4 is 11.9 Å². The highest BCUT2D eigenvalue weighted by Gasteiger charge is 2.19. The van der Waals surface area contributed by atoms with E-state index in [-0.39, 0.29) is 30.9 Å². The molecule has 0 bridgehead atoms. The third-order valence-electron chi connectivity index (χ3n) is 1.91. The zero-order valence-corrected chi connectivity index (χ0v) is 9.66. The third-order valence-corrected chi connectivity index (χ3v) is 1.91. The van der Waals surface area contributed by atoms with E-state index in [4.69, 9.17) is 10.5 Å². The molecule has 0 fully saturated rings. The van der Waals surface area contributed by atoms with Gasteiger partial charge >= 0.3 is 5.97 Å². The number of nitrogens with zero attached hydrogens (tertiary/aromatic N) is 1. The maximum atomic E-state index is 11.6. The number of amides is 1. The first-order chi connectivity index (χ1) is 7.02. The minimum absolute atomic E-state index is 0.00431. The SMILES string of the molecule is CCOC(=O)CN(C(=O)CCN)C(C)C. The average Bonchev–Trinajstić information content (AvgIpc) is 2.14.